The lowest BCUT2D eigenvalue weighted by molar-refractivity contribution is 0.102. The Kier molecular flexibility index (Phi) is 3.47. The van der Waals surface area contributed by atoms with Gasteiger partial charge in [0.15, 0.2) is 5.82 Å². The minimum atomic E-state index is -0.837. The number of rotatable bonds is 2. The highest BCUT2D eigenvalue weighted by molar-refractivity contribution is 9.10. The van der Waals surface area contributed by atoms with E-state index in [0.29, 0.717) is 11.6 Å². The molecule has 0 aliphatic heterocycles. The Labute approximate surface area is 127 Å². The van der Waals surface area contributed by atoms with Crippen LogP contribution in [0.5, 0.6) is 0 Å². The molecule has 3 aromatic rings. The number of hydrogen-bond acceptors (Lipinski definition) is 1. The van der Waals surface area contributed by atoms with Crippen molar-refractivity contribution in [3.63, 3.8) is 0 Å². The van der Waals surface area contributed by atoms with Crippen molar-refractivity contribution in [3.8, 4) is 0 Å². The number of fused-ring (bicyclic) bond motifs is 1. The van der Waals surface area contributed by atoms with Crippen LogP contribution >= 0.6 is 15.9 Å². The van der Waals surface area contributed by atoms with Crippen LogP contribution in [0, 0.1) is 11.6 Å². The lowest BCUT2D eigenvalue weighted by atomic mass is 10.1. The molecule has 106 valence electrons. The van der Waals surface area contributed by atoms with Crippen LogP contribution in [0.15, 0.2) is 47.1 Å². The van der Waals surface area contributed by atoms with E-state index in [0.717, 1.165) is 17.0 Å². The molecule has 0 bridgehead atoms. The van der Waals surface area contributed by atoms with E-state index in [9.17, 15) is 13.6 Å². The lowest BCUT2D eigenvalue weighted by Gasteiger charge is -2.09. The number of nitrogens with one attached hydrogen (secondary N) is 2. The highest BCUT2D eigenvalue weighted by Crippen LogP contribution is 2.27. The summed E-state index contributed by atoms with van der Waals surface area (Å²) in [4.78, 5) is 15.2. The van der Waals surface area contributed by atoms with Gasteiger partial charge < -0.3 is 10.3 Å². The van der Waals surface area contributed by atoms with Gasteiger partial charge in [0.1, 0.15) is 5.82 Å². The van der Waals surface area contributed by atoms with Crippen LogP contribution < -0.4 is 5.32 Å². The van der Waals surface area contributed by atoms with Crippen molar-refractivity contribution in [2.24, 2.45) is 0 Å². The Hall–Kier alpha value is -2.21. The average Bonchev–Trinajstić information content (AvgIpc) is 2.89. The summed E-state index contributed by atoms with van der Waals surface area (Å²) in [6.07, 6.45) is 1.77. The fourth-order valence-electron chi connectivity index (χ4n) is 2.04. The smallest absolute Gasteiger partial charge is 0.255 e. The molecule has 0 radical (unpaired) electrons. The zero-order chi connectivity index (χ0) is 15.0. The van der Waals surface area contributed by atoms with E-state index in [4.69, 9.17) is 0 Å². The van der Waals surface area contributed by atoms with Gasteiger partial charge >= 0.3 is 0 Å². The number of benzene rings is 2. The molecule has 0 unspecified atom stereocenters. The standard InChI is InChI=1S/C15H9BrF2N2O/c16-11-6-10(17)7-12(18)14(11)20-15(21)9-2-1-8-3-4-19-13(8)5-9/h1-7,19H,(H,20,21). The largest absolute Gasteiger partial charge is 0.361 e. The summed E-state index contributed by atoms with van der Waals surface area (Å²) in [7, 11) is 0. The van der Waals surface area contributed by atoms with E-state index in [-0.39, 0.29) is 10.2 Å². The first kappa shape index (κ1) is 13.8. The number of H-pyrrole nitrogens is 1. The van der Waals surface area contributed by atoms with E-state index in [1.54, 1.807) is 24.4 Å². The van der Waals surface area contributed by atoms with Crippen molar-refractivity contribution in [1.82, 2.24) is 4.98 Å². The third kappa shape index (κ3) is 2.67. The van der Waals surface area contributed by atoms with E-state index >= 15 is 0 Å². The Morgan fingerprint density at radius 2 is 1.95 bits per heavy atom. The van der Waals surface area contributed by atoms with E-state index in [2.05, 4.69) is 26.2 Å². The highest BCUT2D eigenvalue weighted by Gasteiger charge is 2.14. The summed E-state index contributed by atoms with van der Waals surface area (Å²) in [5, 5.41) is 3.41. The van der Waals surface area contributed by atoms with Gasteiger partial charge in [0.25, 0.3) is 5.91 Å². The third-order valence-electron chi connectivity index (χ3n) is 3.06. The van der Waals surface area contributed by atoms with Gasteiger partial charge in [-0.2, -0.15) is 0 Å². The quantitative estimate of drug-likeness (QED) is 0.704. The highest BCUT2D eigenvalue weighted by atomic mass is 79.9. The summed E-state index contributed by atoms with van der Waals surface area (Å²) in [6.45, 7) is 0. The van der Waals surface area contributed by atoms with E-state index in [1.165, 1.54) is 0 Å². The summed E-state index contributed by atoms with van der Waals surface area (Å²) >= 11 is 3.03. The van der Waals surface area contributed by atoms with Gasteiger partial charge in [-0.1, -0.05) is 6.07 Å². The number of amides is 1. The van der Waals surface area contributed by atoms with Crippen molar-refractivity contribution < 1.29 is 13.6 Å². The second-order valence-electron chi connectivity index (χ2n) is 4.48. The van der Waals surface area contributed by atoms with Crippen molar-refractivity contribution in [1.29, 1.82) is 0 Å². The van der Waals surface area contributed by atoms with Crippen molar-refractivity contribution in [2.75, 3.05) is 5.32 Å². The van der Waals surface area contributed by atoms with Gasteiger partial charge in [-0.05, 0) is 45.6 Å². The maximum atomic E-state index is 13.7. The van der Waals surface area contributed by atoms with Crippen LogP contribution in [0.3, 0.4) is 0 Å². The van der Waals surface area contributed by atoms with Crippen LogP contribution in [0.2, 0.25) is 0 Å². The molecule has 1 amide bonds. The number of carbonyl (C=O) groups is 1. The molecule has 3 rings (SSSR count). The van der Waals surface area contributed by atoms with Crippen molar-refractivity contribution in [3.05, 3.63) is 64.3 Å². The maximum absolute atomic E-state index is 13.7. The molecule has 0 aliphatic carbocycles. The van der Waals surface area contributed by atoms with Crippen LogP contribution in [0.1, 0.15) is 10.4 Å². The Balaban J connectivity index is 1.92. The van der Waals surface area contributed by atoms with Crippen LogP contribution in [-0.4, -0.2) is 10.9 Å². The first-order valence-corrected chi connectivity index (χ1v) is 6.87. The summed E-state index contributed by atoms with van der Waals surface area (Å²) in [6, 6.07) is 8.78. The Morgan fingerprint density at radius 3 is 2.71 bits per heavy atom. The first-order chi connectivity index (χ1) is 10.0. The van der Waals surface area contributed by atoms with Crippen LogP contribution in [-0.2, 0) is 0 Å². The molecule has 1 aromatic heterocycles. The molecule has 2 aromatic carbocycles. The molecule has 0 atom stereocenters. The number of anilines is 1. The Bertz CT molecular complexity index is 822. The molecule has 0 fully saturated rings. The van der Waals surface area contributed by atoms with E-state index < -0.39 is 17.5 Å². The number of halogens is 3. The molecule has 0 saturated heterocycles. The minimum absolute atomic E-state index is 0.0898. The van der Waals surface area contributed by atoms with Crippen molar-refractivity contribution >= 4 is 38.4 Å². The molecule has 21 heavy (non-hydrogen) atoms. The SMILES string of the molecule is O=C(Nc1c(F)cc(F)cc1Br)c1ccc2cc[nH]c2c1. The van der Waals surface area contributed by atoms with Crippen molar-refractivity contribution in [2.45, 2.75) is 0 Å². The normalized spacial score (nSPS) is 10.8. The molecule has 0 aliphatic rings. The number of aromatic nitrogens is 1. The topological polar surface area (TPSA) is 44.9 Å². The zero-order valence-corrected chi connectivity index (χ0v) is 12.2. The van der Waals surface area contributed by atoms with Gasteiger partial charge in [-0.3, -0.25) is 4.79 Å². The number of carbonyl (C=O) groups excluding carboxylic acids is 1. The van der Waals surface area contributed by atoms with Gasteiger partial charge in [-0.15, -0.1) is 0 Å². The monoisotopic (exact) mass is 350 g/mol. The number of hydrogen-bond donors (Lipinski definition) is 2. The molecule has 0 spiro atoms. The molecule has 3 nitrogen and oxygen atoms in total. The zero-order valence-electron chi connectivity index (χ0n) is 10.6. The van der Waals surface area contributed by atoms with Gasteiger partial charge in [0.05, 0.1) is 5.69 Å². The second-order valence-corrected chi connectivity index (χ2v) is 5.33. The molecule has 2 N–H and O–H groups in total. The first-order valence-electron chi connectivity index (χ1n) is 6.07. The maximum Gasteiger partial charge on any atom is 0.255 e. The molecular weight excluding hydrogens is 342 g/mol. The molecular formula is C15H9BrF2N2O. The average molecular weight is 351 g/mol. The van der Waals surface area contributed by atoms with Crippen LogP contribution in [0.25, 0.3) is 10.9 Å². The second kappa shape index (κ2) is 5.29. The minimum Gasteiger partial charge on any atom is -0.361 e. The molecule has 1 heterocycles. The third-order valence-corrected chi connectivity index (χ3v) is 3.69. The summed E-state index contributed by atoms with van der Waals surface area (Å²) in [5.74, 6) is -2.03. The van der Waals surface area contributed by atoms with Gasteiger partial charge in [0, 0.05) is 27.8 Å². The Morgan fingerprint density at radius 1 is 1.14 bits per heavy atom. The summed E-state index contributed by atoms with van der Waals surface area (Å²) < 4.78 is 26.9. The fourth-order valence-corrected chi connectivity index (χ4v) is 2.54. The van der Waals surface area contributed by atoms with E-state index in [1.807, 2.05) is 6.07 Å². The predicted octanol–water partition coefficient (Wildman–Crippen LogP) is 4.46. The van der Waals surface area contributed by atoms with Gasteiger partial charge in [0.2, 0.25) is 0 Å². The lowest BCUT2D eigenvalue weighted by Crippen LogP contribution is -2.13. The van der Waals surface area contributed by atoms with Crippen LogP contribution in [0.4, 0.5) is 14.5 Å². The van der Waals surface area contributed by atoms with Gasteiger partial charge in [-0.25, -0.2) is 8.78 Å². The molecule has 0 saturated carbocycles. The fraction of sp³-hybridized carbons (Fsp3) is 0. The summed E-state index contributed by atoms with van der Waals surface area (Å²) in [5.41, 5.74) is 1.09. The predicted molar refractivity (Wildman–Crippen MR) is 80.3 cm³/mol. The molecule has 6 heteroatoms. The number of aromatic amines is 1.